The molecule has 1 aliphatic rings. The second-order valence-corrected chi connectivity index (χ2v) is 7.45. The van der Waals surface area contributed by atoms with Gasteiger partial charge in [0.05, 0.1) is 23.7 Å². The molecule has 1 unspecified atom stereocenters. The fourth-order valence-electron chi connectivity index (χ4n) is 4.13. The van der Waals surface area contributed by atoms with Crippen molar-refractivity contribution >= 4 is 33.7 Å². The molecule has 4 aromatic rings. The third kappa shape index (κ3) is 2.97. The molecule has 0 aliphatic carbocycles. The van der Waals surface area contributed by atoms with Gasteiger partial charge in [0.2, 0.25) is 0 Å². The number of rotatable bonds is 5. The Kier molecular flexibility index (Phi) is 4.47. The SMILES string of the molecule is CCC(=O)Oc1cn(CC2CCCO2)c2nc(CC)n3c4ccccc4nc3c12. The van der Waals surface area contributed by atoms with E-state index >= 15 is 0 Å². The number of aryl methyl sites for hydroxylation is 1. The van der Waals surface area contributed by atoms with Crippen molar-refractivity contribution in [3.05, 3.63) is 36.3 Å². The quantitative estimate of drug-likeness (QED) is 0.482. The second kappa shape index (κ2) is 7.15. The van der Waals surface area contributed by atoms with Gasteiger partial charge in [0.25, 0.3) is 0 Å². The monoisotopic (exact) mass is 392 g/mol. The minimum absolute atomic E-state index is 0.155. The molecular formula is C22H24N4O3. The van der Waals surface area contributed by atoms with Gasteiger partial charge in [0.15, 0.2) is 11.4 Å². The van der Waals surface area contributed by atoms with Crippen LogP contribution in [0.25, 0.3) is 27.7 Å². The number of aromatic nitrogens is 4. The van der Waals surface area contributed by atoms with E-state index in [2.05, 4.69) is 15.9 Å². The number of nitrogens with zero attached hydrogens (tertiary/aromatic N) is 4. The summed E-state index contributed by atoms with van der Waals surface area (Å²) in [5.74, 6) is 1.18. The predicted octanol–water partition coefficient (Wildman–Crippen LogP) is 3.89. The Morgan fingerprint density at radius 2 is 2.10 bits per heavy atom. The Bertz CT molecular complexity index is 1220. The molecule has 29 heavy (non-hydrogen) atoms. The number of imidazole rings is 1. The lowest BCUT2D eigenvalue weighted by Gasteiger charge is -2.12. The van der Waals surface area contributed by atoms with E-state index in [4.69, 9.17) is 19.4 Å². The van der Waals surface area contributed by atoms with Crippen LogP contribution in [-0.2, 0) is 22.5 Å². The molecule has 1 aromatic carbocycles. The van der Waals surface area contributed by atoms with Crippen LogP contribution in [0.4, 0.5) is 0 Å². The van der Waals surface area contributed by atoms with E-state index in [-0.39, 0.29) is 12.1 Å². The molecule has 0 saturated carbocycles. The van der Waals surface area contributed by atoms with Crippen LogP contribution in [0, 0.1) is 0 Å². The molecule has 1 fully saturated rings. The van der Waals surface area contributed by atoms with E-state index in [1.807, 2.05) is 30.5 Å². The highest BCUT2D eigenvalue weighted by Gasteiger charge is 2.24. The molecule has 5 rings (SSSR count). The van der Waals surface area contributed by atoms with Gasteiger partial charge >= 0.3 is 5.97 Å². The predicted molar refractivity (Wildman–Crippen MR) is 110 cm³/mol. The van der Waals surface area contributed by atoms with Crippen molar-refractivity contribution in [1.29, 1.82) is 0 Å². The van der Waals surface area contributed by atoms with E-state index in [1.165, 1.54) is 0 Å². The summed E-state index contributed by atoms with van der Waals surface area (Å²) in [6, 6.07) is 8.02. The molecule has 0 amide bonds. The third-order valence-corrected chi connectivity index (χ3v) is 5.55. The zero-order chi connectivity index (χ0) is 20.0. The third-order valence-electron chi connectivity index (χ3n) is 5.55. The van der Waals surface area contributed by atoms with E-state index in [0.717, 1.165) is 59.4 Å². The molecule has 1 aliphatic heterocycles. The first kappa shape index (κ1) is 18.1. The lowest BCUT2D eigenvalue weighted by atomic mass is 10.2. The van der Waals surface area contributed by atoms with Gasteiger partial charge in [-0.1, -0.05) is 26.0 Å². The first-order valence-corrected chi connectivity index (χ1v) is 10.3. The molecule has 1 saturated heterocycles. The summed E-state index contributed by atoms with van der Waals surface area (Å²) >= 11 is 0. The Hall–Kier alpha value is -2.93. The zero-order valence-electron chi connectivity index (χ0n) is 16.7. The van der Waals surface area contributed by atoms with Gasteiger partial charge in [0.1, 0.15) is 16.9 Å². The Morgan fingerprint density at radius 3 is 2.86 bits per heavy atom. The minimum atomic E-state index is -0.269. The van der Waals surface area contributed by atoms with Gasteiger partial charge in [0, 0.05) is 25.6 Å². The zero-order valence-corrected chi connectivity index (χ0v) is 16.7. The van der Waals surface area contributed by atoms with Crippen LogP contribution in [0.2, 0.25) is 0 Å². The van der Waals surface area contributed by atoms with Crippen molar-refractivity contribution in [3.8, 4) is 5.75 Å². The van der Waals surface area contributed by atoms with E-state index < -0.39 is 0 Å². The highest BCUT2D eigenvalue weighted by atomic mass is 16.5. The number of hydrogen-bond acceptors (Lipinski definition) is 5. The average molecular weight is 392 g/mol. The molecule has 0 spiro atoms. The van der Waals surface area contributed by atoms with Crippen LogP contribution in [0.15, 0.2) is 30.5 Å². The number of carbonyl (C=O) groups is 1. The summed E-state index contributed by atoms with van der Waals surface area (Å²) < 4.78 is 15.7. The Balaban J connectivity index is 1.80. The molecule has 0 bridgehead atoms. The maximum Gasteiger partial charge on any atom is 0.310 e. The molecular weight excluding hydrogens is 368 g/mol. The maximum atomic E-state index is 12.1. The normalized spacial score (nSPS) is 17.0. The van der Waals surface area contributed by atoms with E-state index in [0.29, 0.717) is 18.7 Å². The summed E-state index contributed by atoms with van der Waals surface area (Å²) in [6.07, 6.45) is 5.21. The van der Waals surface area contributed by atoms with E-state index in [9.17, 15) is 4.79 Å². The molecule has 0 N–H and O–H groups in total. The number of carbonyl (C=O) groups excluding carboxylic acids is 1. The molecule has 7 heteroatoms. The summed E-state index contributed by atoms with van der Waals surface area (Å²) in [7, 11) is 0. The number of fused-ring (bicyclic) bond motifs is 5. The highest BCUT2D eigenvalue weighted by molar-refractivity contribution is 6.00. The van der Waals surface area contributed by atoms with Crippen LogP contribution in [0.5, 0.6) is 5.75 Å². The van der Waals surface area contributed by atoms with Gasteiger partial charge < -0.3 is 14.0 Å². The van der Waals surface area contributed by atoms with Crippen LogP contribution in [0.3, 0.4) is 0 Å². The summed E-state index contributed by atoms with van der Waals surface area (Å²) in [5, 5.41) is 0.776. The Labute approximate surface area is 168 Å². The van der Waals surface area contributed by atoms with Crippen LogP contribution in [-0.4, -0.2) is 37.6 Å². The largest absolute Gasteiger partial charge is 0.424 e. The maximum absolute atomic E-state index is 12.1. The second-order valence-electron chi connectivity index (χ2n) is 7.45. The van der Waals surface area contributed by atoms with Gasteiger partial charge in [-0.15, -0.1) is 0 Å². The van der Waals surface area contributed by atoms with Gasteiger partial charge in [-0.3, -0.25) is 9.20 Å². The molecule has 7 nitrogen and oxygen atoms in total. The fourth-order valence-corrected chi connectivity index (χ4v) is 4.13. The van der Waals surface area contributed by atoms with Crippen LogP contribution in [0.1, 0.15) is 38.9 Å². The topological polar surface area (TPSA) is 70.7 Å². The van der Waals surface area contributed by atoms with Crippen molar-refractivity contribution in [2.45, 2.75) is 52.2 Å². The minimum Gasteiger partial charge on any atom is -0.424 e. The van der Waals surface area contributed by atoms with Crippen molar-refractivity contribution in [3.63, 3.8) is 0 Å². The molecule has 3 aromatic heterocycles. The standard InChI is InChI=1S/C22H24N4O3/c1-3-18-24-21-20(22-23-15-9-5-6-10-16(15)26(18)22)17(29-19(27)4-2)13-25(21)12-14-8-7-11-28-14/h5-6,9-10,13-14H,3-4,7-8,11-12H2,1-2H3. The smallest absolute Gasteiger partial charge is 0.310 e. The highest BCUT2D eigenvalue weighted by Crippen LogP contribution is 2.34. The van der Waals surface area contributed by atoms with Crippen LogP contribution >= 0.6 is 0 Å². The number of benzene rings is 1. The lowest BCUT2D eigenvalue weighted by Crippen LogP contribution is -2.15. The number of hydrogen-bond donors (Lipinski definition) is 0. The lowest BCUT2D eigenvalue weighted by molar-refractivity contribution is -0.133. The van der Waals surface area contributed by atoms with Gasteiger partial charge in [-0.25, -0.2) is 9.97 Å². The van der Waals surface area contributed by atoms with Crippen molar-refractivity contribution < 1.29 is 14.3 Å². The molecule has 4 heterocycles. The van der Waals surface area contributed by atoms with E-state index in [1.54, 1.807) is 6.92 Å². The van der Waals surface area contributed by atoms with Crippen LogP contribution < -0.4 is 4.74 Å². The summed E-state index contributed by atoms with van der Waals surface area (Å²) in [6.45, 7) is 5.37. The number of ether oxygens (including phenoxy) is 2. The van der Waals surface area contributed by atoms with Crippen molar-refractivity contribution in [1.82, 2.24) is 18.9 Å². The van der Waals surface area contributed by atoms with Crippen molar-refractivity contribution in [2.24, 2.45) is 0 Å². The van der Waals surface area contributed by atoms with Crippen molar-refractivity contribution in [2.75, 3.05) is 6.61 Å². The Morgan fingerprint density at radius 1 is 1.24 bits per heavy atom. The average Bonchev–Trinajstić information content (AvgIpc) is 3.45. The fraction of sp³-hybridized carbons (Fsp3) is 0.409. The first-order chi connectivity index (χ1) is 14.2. The molecule has 150 valence electrons. The first-order valence-electron chi connectivity index (χ1n) is 10.3. The number of esters is 1. The summed E-state index contributed by atoms with van der Waals surface area (Å²) in [4.78, 5) is 22.0. The molecule has 0 radical (unpaired) electrons. The molecule has 1 atom stereocenters. The number of para-hydroxylation sites is 2. The van der Waals surface area contributed by atoms with Gasteiger partial charge in [-0.05, 0) is 25.0 Å². The van der Waals surface area contributed by atoms with Gasteiger partial charge in [-0.2, -0.15) is 0 Å². The summed E-state index contributed by atoms with van der Waals surface area (Å²) in [5.41, 5.74) is 3.47.